The lowest BCUT2D eigenvalue weighted by molar-refractivity contribution is -0.149. The van der Waals surface area contributed by atoms with Crippen LogP contribution in [0, 0.1) is 5.92 Å². The van der Waals surface area contributed by atoms with Crippen molar-refractivity contribution in [3.8, 4) is 0 Å². The quantitative estimate of drug-likeness (QED) is 0.755. The molecule has 6 nitrogen and oxygen atoms in total. The van der Waals surface area contributed by atoms with Crippen LogP contribution in [-0.2, 0) is 14.3 Å². The maximum absolute atomic E-state index is 12.4. The summed E-state index contributed by atoms with van der Waals surface area (Å²) >= 11 is 0. The highest BCUT2D eigenvalue weighted by Crippen LogP contribution is 2.31. The summed E-state index contributed by atoms with van der Waals surface area (Å²) in [6.45, 7) is 7.40. The van der Waals surface area contributed by atoms with E-state index in [0.717, 1.165) is 39.0 Å². The number of nitrogens with zero attached hydrogens (tertiary/aromatic N) is 2. The summed E-state index contributed by atoms with van der Waals surface area (Å²) < 4.78 is 10.6. The van der Waals surface area contributed by atoms with Gasteiger partial charge in [0.2, 0.25) is 0 Å². The van der Waals surface area contributed by atoms with E-state index in [-0.39, 0.29) is 12.0 Å². The van der Waals surface area contributed by atoms with E-state index in [1.165, 1.54) is 20.0 Å². The highest BCUT2D eigenvalue weighted by atomic mass is 16.5. The second kappa shape index (κ2) is 8.33. The fourth-order valence-electron chi connectivity index (χ4n) is 4.97. The molecular formula is C19H35N3O3. The molecule has 144 valence electrons. The monoisotopic (exact) mass is 353 g/mol. The Labute approximate surface area is 152 Å². The molecule has 2 heterocycles. The van der Waals surface area contributed by atoms with Crippen molar-refractivity contribution in [3.05, 3.63) is 0 Å². The van der Waals surface area contributed by atoms with Crippen molar-refractivity contribution in [2.45, 2.75) is 76.2 Å². The van der Waals surface area contributed by atoms with Crippen LogP contribution < -0.4 is 5.32 Å². The Bertz CT molecular complexity index is 451. The summed E-state index contributed by atoms with van der Waals surface area (Å²) in [6.07, 6.45) is 5.96. The topological polar surface area (TPSA) is 54.0 Å². The third-order valence-corrected chi connectivity index (χ3v) is 6.52. The van der Waals surface area contributed by atoms with Gasteiger partial charge in [-0.25, -0.2) is 0 Å². The third-order valence-electron chi connectivity index (χ3n) is 6.52. The predicted octanol–water partition coefficient (Wildman–Crippen LogP) is 1.45. The SMILES string of the molecule is COC(=O)[C@@H]1CC2NCN(C(C)C)C2CN1CC1CCC(OC)CC1. The van der Waals surface area contributed by atoms with E-state index in [2.05, 4.69) is 29.0 Å². The first kappa shape index (κ1) is 19.1. The molecule has 0 radical (unpaired) electrons. The highest BCUT2D eigenvalue weighted by Gasteiger charge is 2.45. The van der Waals surface area contributed by atoms with E-state index in [0.29, 0.717) is 30.1 Å². The summed E-state index contributed by atoms with van der Waals surface area (Å²) in [5, 5.41) is 3.61. The van der Waals surface area contributed by atoms with Gasteiger partial charge in [0, 0.05) is 45.0 Å². The Balaban J connectivity index is 1.66. The number of carbonyl (C=O) groups is 1. The van der Waals surface area contributed by atoms with E-state index in [1.807, 2.05) is 7.11 Å². The minimum Gasteiger partial charge on any atom is -0.468 e. The molecule has 2 saturated heterocycles. The molecule has 3 aliphatic rings. The molecule has 0 spiro atoms. The van der Waals surface area contributed by atoms with Crippen LogP contribution in [0.25, 0.3) is 0 Å². The number of likely N-dealkylation sites (tertiary alicyclic amines) is 1. The minimum atomic E-state index is -0.106. The molecule has 0 aromatic heterocycles. The van der Waals surface area contributed by atoms with E-state index in [1.54, 1.807) is 0 Å². The van der Waals surface area contributed by atoms with Crippen LogP contribution in [0.1, 0.15) is 46.0 Å². The van der Waals surface area contributed by atoms with Crippen LogP contribution in [-0.4, -0.2) is 80.0 Å². The van der Waals surface area contributed by atoms with Crippen molar-refractivity contribution in [3.63, 3.8) is 0 Å². The summed E-state index contributed by atoms with van der Waals surface area (Å²) in [7, 11) is 3.33. The highest BCUT2D eigenvalue weighted by molar-refractivity contribution is 5.76. The van der Waals surface area contributed by atoms with Gasteiger partial charge in [0.15, 0.2) is 0 Å². The third kappa shape index (κ3) is 4.18. The summed E-state index contributed by atoms with van der Waals surface area (Å²) in [5.41, 5.74) is 0. The van der Waals surface area contributed by atoms with Crippen LogP contribution in [0.4, 0.5) is 0 Å². The van der Waals surface area contributed by atoms with Gasteiger partial charge in [-0.15, -0.1) is 0 Å². The Hall–Kier alpha value is -0.690. The second-order valence-corrected chi connectivity index (χ2v) is 8.25. The molecular weight excluding hydrogens is 318 g/mol. The molecule has 3 rings (SSSR count). The molecule has 1 saturated carbocycles. The largest absolute Gasteiger partial charge is 0.468 e. The smallest absolute Gasteiger partial charge is 0.323 e. The zero-order chi connectivity index (χ0) is 18.0. The molecule has 0 amide bonds. The lowest BCUT2D eigenvalue weighted by Gasteiger charge is -2.44. The average Bonchev–Trinajstić information content (AvgIpc) is 3.04. The average molecular weight is 354 g/mol. The van der Waals surface area contributed by atoms with Gasteiger partial charge in [-0.2, -0.15) is 0 Å². The number of piperidine rings is 1. The normalized spacial score (nSPS) is 37.2. The molecule has 3 atom stereocenters. The Kier molecular flexibility index (Phi) is 6.36. The predicted molar refractivity (Wildman–Crippen MR) is 97.3 cm³/mol. The van der Waals surface area contributed by atoms with Crippen LogP contribution in [0.3, 0.4) is 0 Å². The fourth-order valence-corrected chi connectivity index (χ4v) is 4.97. The summed E-state index contributed by atoms with van der Waals surface area (Å²) in [6, 6.07) is 1.31. The number of nitrogens with one attached hydrogen (secondary N) is 1. The maximum atomic E-state index is 12.4. The van der Waals surface area contributed by atoms with E-state index in [4.69, 9.17) is 9.47 Å². The van der Waals surface area contributed by atoms with Gasteiger partial charge in [0.1, 0.15) is 6.04 Å². The van der Waals surface area contributed by atoms with Crippen molar-refractivity contribution in [1.29, 1.82) is 0 Å². The molecule has 2 aliphatic heterocycles. The van der Waals surface area contributed by atoms with E-state index < -0.39 is 0 Å². The van der Waals surface area contributed by atoms with Crippen molar-refractivity contribution in [2.24, 2.45) is 5.92 Å². The molecule has 0 bridgehead atoms. The molecule has 6 heteroatoms. The fraction of sp³-hybridized carbons (Fsp3) is 0.947. The number of methoxy groups -OCH3 is 2. The first-order chi connectivity index (χ1) is 12.0. The zero-order valence-electron chi connectivity index (χ0n) is 16.2. The standard InChI is InChI=1S/C19H35N3O3/c1-13(2)22-12-20-16-9-17(19(23)25-4)21(11-18(16)22)10-14-5-7-15(24-3)8-6-14/h13-18,20H,5-12H2,1-4H3/t14?,15?,16?,17-,18?/m0/s1. The Morgan fingerprint density at radius 1 is 1.20 bits per heavy atom. The molecule has 3 fully saturated rings. The number of fused-ring (bicyclic) bond motifs is 1. The zero-order valence-corrected chi connectivity index (χ0v) is 16.2. The Morgan fingerprint density at radius 3 is 2.52 bits per heavy atom. The van der Waals surface area contributed by atoms with Gasteiger partial charge < -0.3 is 9.47 Å². The number of rotatable bonds is 5. The first-order valence-electron chi connectivity index (χ1n) is 9.87. The van der Waals surface area contributed by atoms with Crippen molar-refractivity contribution < 1.29 is 14.3 Å². The van der Waals surface area contributed by atoms with Gasteiger partial charge in [-0.1, -0.05) is 0 Å². The van der Waals surface area contributed by atoms with Gasteiger partial charge in [0.25, 0.3) is 0 Å². The molecule has 2 unspecified atom stereocenters. The number of hydrogen-bond acceptors (Lipinski definition) is 6. The van der Waals surface area contributed by atoms with Gasteiger partial charge in [0.05, 0.1) is 13.2 Å². The van der Waals surface area contributed by atoms with Crippen molar-refractivity contribution >= 4 is 5.97 Å². The van der Waals surface area contributed by atoms with E-state index >= 15 is 0 Å². The maximum Gasteiger partial charge on any atom is 0.323 e. The van der Waals surface area contributed by atoms with Crippen LogP contribution in [0.15, 0.2) is 0 Å². The molecule has 25 heavy (non-hydrogen) atoms. The van der Waals surface area contributed by atoms with E-state index in [9.17, 15) is 4.79 Å². The summed E-state index contributed by atoms with van der Waals surface area (Å²) in [5.74, 6) is 0.589. The van der Waals surface area contributed by atoms with Crippen LogP contribution in [0.5, 0.6) is 0 Å². The molecule has 0 aromatic carbocycles. The molecule has 1 aliphatic carbocycles. The van der Waals surface area contributed by atoms with Gasteiger partial charge in [-0.05, 0) is 51.9 Å². The second-order valence-electron chi connectivity index (χ2n) is 8.25. The number of esters is 1. The lowest BCUT2D eigenvalue weighted by atomic mass is 9.85. The molecule has 0 aromatic rings. The summed E-state index contributed by atoms with van der Waals surface area (Å²) in [4.78, 5) is 17.3. The number of carbonyl (C=O) groups excluding carboxylic acids is 1. The van der Waals surface area contributed by atoms with Crippen molar-refractivity contribution in [2.75, 3.05) is 34.0 Å². The molecule has 1 N–H and O–H groups in total. The number of hydrogen-bond donors (Lipinski definition) is 1. The lowest BCUT2D eigenvalue weighted by Crippen LogP contribution is -2.60. The van der Waals surface area contributed by atoms with Crippen LogP contribution >= 0.6 is 0 Å². The number of ether oxygens (including phenoxy) is 2. The Morgan fingerprint density at radius 2 is 1.92 bits per heavy atom. The van der Waals surface area contributed by atoms with Gasteiger partial charge in [-0.3, -0.25) is 19.9 Å². The van der Waals surface area contributed by atoms with Crippen molar-refractivity contribution in [1.82, 2.24) is 15.1 Å². The van der Waals surface area contributed by atoms with Crippen LogP contribution in [0.2, 0.25) is 0 Å². The first-order valence-corrected chi connectivity index (χ1v) is 9.87. The van der Waals surface area contributed by atoms with Gasteiger partial charge >= 0.3 is 5.97 Å². The minimum absolute atomic E-state index is 0.0752.